The minimum Gasteiger partial charge on any atom is -0.469 e. The molecule has 60 valence electrons. The van der Waals surface area contributed by atoms with E-state index in [1.807, 2.05) is 6.07 Å². The molecule has 1 heterocycles. The van der Waals surface area contributed by atoms with Crippen LogP contribution >= 0.6 is 0 Å². The Morgan fingerprint density at radius 2 is 2.45 bits per heavy atom. The summed E-state index contributed by atoms with van der Waals surface area (Å²) in [4.78, 5) is 0. The highest BCUT2D eigenvalue weighted by Gasteiger charge is 1.96. The molecule has 0 aliphatic rings. The van der Waals surface area contributed by atoms with Crippen LogP contribution in [0.2, 0.25) is 0 Å². The molecule has 1 nitrogen and oxygen atoms in total. The first-order valence-corrected chi connectivity index (χ1v) is 4.06. The van der Waals surface area contributed by atoms with Gasteiger partial charge < -0.3 is 4.42 Å². The Kier molecular flexibility index (Phi) is 2.96. The molecule has 0 aliphatic heterocycles. The first-order chi connectivity index (χ1) is 5.36. The fraction of sp³-hybridized carbons (Fsp3) is 0.400. The molecule has 0 saturated carbocycles. The number of aryl methyl sites for hydroxylation is 1. The van der Waals surface area contributed by atoms with Gasteiger partial charge >= 0.3 is 0 Å². The van der Waals surface area contributed by atoms with E-state index < -0.39 is 0 Å². The summed E-state index contributed by atoms with van der Waals surface area (Å²) >= 11 is 0. The number of hydrogen-bond donors (Lipinski definition) is 0. The Morgan fingerprint density at radius 3 is 3.00 bits per heavy atom. The van der Waals surface area contributed by atoms with Crippen LogP contribution in [0.25, 0.3) is 6.08 Å². The highest BCUT2D eigenvalue weighted by Crippen LogP contribution is 2.11. The van der Waals surface area contributed by atoms with Crippen molar-refractivity contribution in [3.8, 4) is 0 Å². The van der Waals surface area contributed by atoms with Crippen LogP contribution in [0.3, 0.4) is 0 Å². The van der Waals surface area contributed by atoms with Crippen molar-refractivity contribution in [3.63, 3.8) is 0 Å². The van der Waals surface area contributed by atoms with Crippen LogP contribution in [-0.2, 0) is 6.42 Å². The van der Waals surface area contributed by atoms with Crippen LogP contribution in [0.4, 0.5) is 0 Å². The third kappa shape index (κ3) is 2.26. The van der Waals surface area contributed by atoms with Gasteiger partial charge in [-0.15, -0.1) is 0 Å². The van der Waals surface area contributed by atoms with Crippen molar-refractivity contribution in [2.75, 3.05) is 0 Å². The van der Waals surface area contributed by atoms with Gasteiger partial charge in [-0.25, -0.2) is 0 Å². The van der Waals surface area contributed by atoms with E-state index in [2.05, 4.69) is 13.5 Å². The minimum absolute atomic E-state index is 1.05. The molecule has 1 rings (SSSR count). The number of rotatable bonds is 4. The summed E-state index contributed by atoms with van der Waals surface area (Å²) in [6.07, 6.45) is 7.01. The van der Waals surface area contributed by atoms with Crippen molar-refractivity contribution in [1.29, 1.82) is 0 Å². The van der Waals surface area contributed by atoms with Crippen molar-refractivity contribution in [2.45, 2.75) is 26.2 Å². The van der Waals surface area contributed by atoms with E-state index >= 15 is 0 Å². The van der Waals surface area contributed by atoms with Gasteiger partial charge in [0.2, 0.25) is 0 Å². The van der Waals surface area contributed by atoms with E-state index in [0.717, 1.165) is 17.7 Å². The predicted octanol–water partition coefficient (Wildman–Crippen LogP) is 3.27. The maximum Gasteiger partial charge on any atom is 0.104 e. The minimum atomic E-state index is 1.05. The zero-order chi connectivity index (χ0) is 8.10. The first kappa shape index (κ1) is 8.12. The number of unbranched alkanes of at least 4 members (excludes halogenated alkanes) is 1. The Bertz CT molecular complexity index is 223. The van der Waals surface area contributed by atoms with E-state index in [1.54, 1.807) is 12.3 Å². The molecular weight excluding hydrogens is 136 g/mol. The third-order valence-corrected chi connectivity index (χ3v) is 1.69. The Balaban J connectivity index is 2.51. The molecule has 0 aromatic carbocycles. The first-order valence-electron chi connectivity index (χ1n) is 4.06. The molecule has 0 N–H and O–H groups in total. The van der Waals surface area contributed by atoms with Crippen LogP contribution in [0, 0.1) is 0 Å². The lowest BCUT2D eigenvalue weighted by molar-refractivity contribution is 0.500. The van der Waals surface area contributed by atoms with Crippen LogP contribution in [0.15, 0.2) is 23.3 Å². The van der Waals surface area contributed by atoms with Gasteiger partial charge in [-0.2, -0.15) is 0 Å². The highest BCUT2D eigenvalue weighted by molar-refractivity contribution is 5.45. The lowest BCUT2D eigenvalue weighted by Crippen LogP contribution is -1.78. The number of hydrogen-bond acceptors (Lipinski definition) is 1. The summed E-state index contributed by atoms with van der Waals surface area (Å²) < 4.78 is 5.29. The molecule has 0 aliphatic carbocycles. The molecule has 0 radical (unpaired) electrons. The molecular formula is C10H14O. The fourth-order valence-corrected chi connectivity index (χ4v) is 0.987. The molecule has 0 spiro atoms. The predicted molar refractivity (Wildman–Crippen MR) is 47.4 cm³/mol. The Hall–Kier alpha value is -0.980. The topological polar surface area (TPSA) is 13.1 Å². The van der Waals surface area contributed by atoms with E-state index in [1.165, 1.54) is 12.8 Å². The van der Waals surface area contributed by atoms with E-state index in [-0.39, 0.29) is 0 Å². The molecule has 1 heteroatoms. The van der Waals surface area contributed by atoms with Crippen LogP contribution < -0.4 is 0 Å². The van der Waals surface area contributed by atoms with Crippen LogP contribution in [0.5, 0.6) is 0 Å². The van der Waals surface area contributed by atoms with Crippen molar-refractivity contribution in [1.82, 2.24) is 0 Å². The summed E-state index contributed by atoms with van der Waals surface area (Å²) in [5.74, 6) is 1.07. The van der Waals surface area contributed by atoms with Gasteiger partial charge in [-0.3, -0.25) is 0 Å². The normalized spacial score (nSPS) is 9.91. The zero-order valence-corrected chi connectivity index (χ0v) is 6.97. The van der Waals surface area contributed by atoms with Gasteiger partial charge in [0, 0.05) is 12.0 Å². The average Bonchev–Trinajstić information content (AvgIpc) is 2.48. The molecule has 0 fully saturated rings. The maximum atomic E-state index is 5.29. The van der Waals surface area contributed by atoms with Crippen molar-refractivity contribution >= 4 is 6.08 Å². The molecule has 0 amide bonds. The van der Waals surface area contributed by atoms with Gasteiger partial charge in [0.15, 0.2) is 0 Å². The molecule has 1 aromatic heterocycles. The summed E-state index contributed by atoms with van der Waals surface area (Å²) in [7, 11) is 0. The fourth-order valence-electron chi connectivity index (χ4n) is 0.987. The SMILES string of the molecule is C=Cc1coc(CCCC)c1. The zero-order valence-electron chi connectivity index (χ0n) is 6.97. The van der Waals surface area contributed by atoms with Gasteiger partial charge in [-0.05, 0) is 12.5 Å². The lowest BCUT2D eigenvalue weighted by atomic mass is 10.2. The van der Waals surface area contributed by atoms with Crippen molar-refractivity contribution < 1.29 is 4.42 Å². The second kappa shape index (κ2) is 4.02. The maximum absolute atomic E-state index is 5.29. The average molecular weight is 150 g/mol. The second-order valence-electron chi connectivity index (χ2n) is 2.65. The lowest BCUT2D eigenvalue weighted by Gasteiger charge is -1.90. The van der Waals surface area contributed by atoms with Crippen LogP contribution in [-0.4, -0.2) is 0 Å². The van der Waals surface area contributed by atoms with Crippen molar-refractivity contribution in [3.05, 3.63) is 30.2 Å². The summed E-state index contributed by atoms with van der Waals surface area (Å²) in [5, 5.41) is 0. The molecule has 11 heavy (non-hydrogen) atoms. The Morgan fingerprint density at radius 1 is 1.64 bits per heavy atom. The molecule has 1 aromatic rings. The van der Waals surface area contributed by atoms with E-state index in [9.17, 15) is 0 Å². The second-order valence-corrected chi connectivity index (χ2v) is 2.65. The van der Waals surface area contributed by atoms with Gasteiger partial charge in [-0.1, -0.05) is 26.0 Å². The van der Waals surface area contributed by atoms with Gasteiger partial charge in [0.1, 0.15) is 5.76 Å². The largest absolute Gasteiger partial charge is 0.469 e. The van der Waals surface area contributed by atoms with E-state index in [4.69, 9.17) is 4.42 Å². The quantitative estimate of drug-likeness (QED) is 0.642. The van der Waals surface area contributed by atoms with Crippen molar-refractivity contribution in [2.24, 2.45) is 0 Å². The summed E-state index contributed by atoms with van der Waals surface area (Å²) in [6.45, 7) is 5.84. The monoisotopic (exact) mass is 150 g/mol. The van der Waals surface area contributed by atoms with Gasteiger partial charge in [0.05, 0.1) is 6.26 Å². The van der Waals surface area contributed by atoms with Crippen LogP contribution in [0.1, 0.15) is 31.1 Å². The molecule has 0 bridgehead atoms. The summed E-state index contributed by atoms with van der Waals surface area (Å²) in [5.41, 5.74) is 1.08. The van der Waals surface area contributed by atoms with E-state index in [0.29, 0.717) is 0 Å². The molecule has 0 saturated heterocycles. The number of furan rings is 1. The third-order valence-electron chi connectivity index (χ3n) is 1.69. The Labute approximate surface area is 67.7 Å². The smallest absolute Gasteiger partial charge is 0.104 e. The molecule has 0 unspecified atom stereocenters. The highest BCUT2D eigenvalue weighted by atomic mass is 16.3. The standard InChI is InChI=1S/C10H14O/c1-3-5-6-10-7-9(4-2)8-11-10/h4,7-8H,2-3,5-6H2,1H3. The summed E-state index contributed by atoms with van der Waals surface area (Å²) in [6, 6.07) is 2.04. The molecule has 0 atom stereocenters. The van der Waals surface area contributed by atoms with Gasteiger partial charge in [0.25, 0.3) is 0 Å².